The Bertz CT molecular complexity index is 763. The van der Waals surface area contributed by atoms with E-state index < -0.39 is 6.10 Å². The normalized spacial score (nSPS) is 16.3. The van der Waals surface area contributed by atoms with E-state index in [0.29, 0.717) is 43.4 Å². The molecule has 0 spiro atoms. The maximum atomic E-state index is 12.6. The van der Waals surface area contributed by atoms with Crippen LogP contribution in [0, 0.1) is 6.92 Å². The van der Waals surface area contributed by atoms with E-state index in [9.17, 15) is 4.79 Å². The number of amides is 1. The quantitative estimate of drug-likeness (QED) is 0.817. The van der Waals surface area contributed by atoms with Crippen LogP contribution in [0.4, 0.5) is 11.6 Å². The Labute approximate surface area is 147 Å². The summed E-state index contributed by atoms with van der Waals surface area (Å²) in [6.07, 6.45) is 0.820. The molecule has 2 heterocycles. The van der Waals surface area contributed by atoms with Crippen LogP contribution < -0.4 is 20.1 Å². The smallest absolute Gasteiger partial charge is 0.269 e. The number of anilines is 2. The van der Waals surface area contributed by atoms with Crippen LogP contribution in [-0.2, 0) is 4.79 Å². The largest absolute Gasteiger partial charge is 0.494 e. The van der Waals surface area contributed by atoms with Crippen molar-refractivity contribution in [1.82, 2.24) is 4.98 Å². The van der Waals surface area contributed by atoms with Gasteiger partial charge in [-0.15, -0.1) is 0 Å². The summed E-state index contributed by atoms with van der Waals surface area (Å²) in [5.41, 5.74) is 6.93. The second-order valence-corrected chi connectivity index (χ2v) is 6.08. The fourth-order valence-electron chi connectivity index (χ4n) is 2.81. The van der Waals surface area contributed by atoms with Crippen LogP contribution >= 0.6 is 0 Å². The van der Waals surface area contributed by atoms with Gasteiger partial charge in [0.2, 0.25) is 0 Å². The van der Waals surface area contributed by atoms with Crippen molar-refractivity contribution in [3.63, 3.8) is 0 Å². The molecule has 3 rings (SSSR count). The van der Waals surface area contributed by atoms with E-state index >= 15 is 0 Å². The number of pyridine rings is 1. The van der Waals surface area contributed by atoms with Gasteiger partial charge in [0.1, 0.15) is 11.6 Å². The lowest BCUT2D eigenvalue weighted by Crippen LogP contribution is -2.46. The molecule has 0 bridgehead atoms. The first-order chi connectivity index (χ1) is 12.1. The number of fused-ring (bicyclic) bond motifs is 1. The van der Waals surface area contributed by atoms with Crippen molar-refractivity contribution in [2.24, 2.45) is 0 Å². The van der Waals surface area contributed by atoms with Crippen LogP contribution in [0.2, 0.25) is 0 Å². The summed E-state index contributed by atoms with van der Waals surface area (Å²) in [7, 11) is 0. The molecule has 1 aliphatic rings. The van der Waals surface area contributed by atoms with Gasteiger partial charge in [0.15, 0.2) is 17.7 Å². The predicted molar refractivity (Wildman–Crippen MR) is 97.0 cm³/mol. The molecule has 0 fully saturated rings. The highest BCUT2D eigenvalue weighted by Crippen LogP contribution is 2.33. The topological polar surface area (TPSA) is 77.7 Å². The lowest BCUT2D eigenvalue weighted by atomic mass is 10.2. The number of ether oxygens (including phenoxy) is 2. The highest BCUT2D eigenvalue weighted by Gasteiger charge is 2.34. The van der Waals surface area contributed by atoms with E-state index in [1.807, 2.05) is 38.1 Å². The molecule has 6 nitrogen and oxygen atoms in total. The van der Waals surface area contributed by atoms with Crippen molar-refractivity contribution >= 4 is 17.5 Å². The van der Waals surface area contributed by atoms with Gasteiger partial charge in [-0.25, -0.2) is 4.98 Å². The minimum Gasteiger partial charge on any atom is -0.494 e. The second kappa shape index (κ2) is 7.42. The molecular weight excluding hydrogens is 318 g/mol. The Balaban J connectivity index is 1.66. The van der Waals surface area contributed by atoms with E-state index in [1.54, 1.807) is 17.0 Å². The minimum atomic E-state index is -0.476. The Morgan fingerprint density at radius 2 is 2.16 bits per heavy atom. The molecule has 0 radical (unpaired) electrons. The van der Waals surface area contributed by atoms with Gasteiger partial charge in [-0.2, -0.15) is 0 Å². The van der Waals surface area contributed by atoms with Crippen molar-refractivity contribution in [1.29, 1.82) is 0 Å². The van der Waals surface area contributed by atoms with Crippen LogP contribution in [0.5, 0.6) is 11.5 Å². The molecule has 1 aliphatic heterocycles. The van der Waals surface area contributed by atoms with Crippen molar-refractivity contribution in [2.45, 2.75) is 32.8 Å². The molecule has 1 aromatic carbocycles. The minimum absolute atomic E-state index is 0.0799. The lowest BCUT2D eigenvalue weighted by molar-refractivity contribution is -0.126. The Hall–Kier alpha value is -2.76. The number of aromatic nitrogens is 1. The average Bonchev–Trinajstić information content (AvgIpc) is 2.60. The molecule has 0 saturated heterocycles. The summed E-state index contributed by atoms with van der Waals surface area (Å²) in [6, 6.07) is 11.4. The van der Waals surface area contributed by atoms with E-state index in [1.165, 1.54) is 0 Å². The number of hydrogen-bond acceptors (Lipinski definition) is 5. The maximum Gasteiger partial charge on any atom is 0.269 e. The third-order valence-corrected chi connectivity index (χ3v) is 4.08. The monoisotopic (exact) mass is 341 g/mol. The van der Waals surface area contributed by atoms with Crippen molar-refractivity contribution in [3.05, 3.63) is 42.0 Å². The molecule has 25 heavy (non-hydrogen) atoms. The standard InChI is InChI=1S/C19H23N3O3/c1-3-15-19(23)22(18-16(25-15)8-9-17(20)21-18)10-5-11-24-14-7-4-6-13(2)12-14/h4,6-9,12,15H,3,5,10-11H2,1-2H3,(H2,20,21). The number of hydrogen-bond donors (Lipinski definition) is 1. The zero-order chi connectivity index (χ0) is 17.8. The average molecular weight is 341 g/mol. The number of nitrogens with two attached hydrogens (primary N) is 1. The van der Waals surface area contributed by atoms with Gasteiger partial charge in [0.05, 0.1) is 6.61 Å². The fourth-order valence-corrected chi connectivity index (χ4v) is 2.81. The second-order valence-electron chi connectivity index (χ2n) is 6.08. The van der Waals surface area contributed by atoms with E-state index in [0.717, 1.165) is 11.3 Å². The summed E-state index contributed by atoms with van der Waals surface area (Å²) in [5, 5.41) is 0. The first kappa shape index (κ1) is 17.1. The highest BCUT2D eigenvalue weighted by molar-refractivity contribution is 5.99. The molecule has 132 valence electrons. The van der Waals surface area contributed by atoms with Gasteiger partial charge in [-0.3, -0.25) is 9.69 Å². The van der Waals surface area contributed by atoms with Gasteiger partial charge >= 0.3 is 0 Å². The van der Waals surface area contributed by atoms with Crippen LogP contribution in [0.3, 0.4) is 0 Å². The van der Waals surface area contributed by atoms with Gasteiger partial charge < -0.3 is 15.2 Å². The number of nitrogen functional groups attached to an aromatic ring is 1. The van der Waals surface area contributed by atoms with Crippen LogP contribution in [0.1, 0.15) is 25.3 Å². The molecule has 1 aromatic heterocycles. The number of benzene rings is 1. The molecule has 2 aromatic rings. The summed E-state index contributed by atoms with van der Waals surface area (Å²) < 4.78 is 11.5. The summed E-state index contributed by atoms with van der Waals surface area (Å²) in [6.45, 7) is 4.98. The van der Waals surface area contributed by atoms with Crippen LogP contribution in [0.25, 0.3) is 0 Å². The van der Waals surface area contributed by atoms with Crippen molar-refractivity contribution in [2.75, 3.05) is 23.8 Å². The molecule has 2 N–H and O–H groups in total. The van der Waals surface area contributed by atoms with Crippen LogP contribution in [-0.4, -0.2) is 30.1 Å². The first-order valence-corrected chi connectivity index (χ1v) is 8.52. The van der Waals surface area contributed by atoms with E-state index in [-0.39, 0.29) is 5.91 Å². The first-order valence-electron chi connectivity index (χ1n) is 8.52. The van der Waals surface area contributed by atoms with Gasteiger partial charge in [-0.1, -0.05) is 19.1 Å². The van der Waals surface area contributed by atoms with Crippen LogP contribution in [0.15, 0.2) is 36.4 Å². The molecule has 1 atom stereocenters. The molecule has 0 saturated carbocycles. The highest BCUT2D eigenvalue weighted by atomic mass is 16.5. The maximum absolute atomic E-state index is 12.6. The molecule has 1 amide bonds. The molecule has 1 unspecified atom stereocenters. The predicted octanol–water partition coefficient (Wildman–Crippen LogP) is 2.95. The molecular formula is C19H23N3O3. The van der Waals surface area contributed by atoms with Gasteiger partial charge in [0, 0.05) is 6.54 Å². The van der Waals surface area contributed by atoms with E-state index in [2.05, 4.69) is 4.98 Å². The number of carbonyl (C=O) groups excluding carboxylic acids is 1. The zero-order valence-electron chi connectivity index (χ0n) is 14.6. The Kier molecular flexibility index (Phi) is 5.07. The summed E-state index contributed by atoms with van der Waals surface area (Å²) in [4.78, 5) is 18.6. The molecule has 6 heteroatoms. The number of rotatable bonds is 6. The number of carbonyl (C=O) groups is 1. The number of nitrogens with zero attached hydrogens (tertiary/aromatic N) is 2. The van der Waals surface area contributed by atoms with Gasteiger partial charge in [-0.05, 0) is 49.6 Å². The van der Waals surface area contributed by atoms with Crippen molar-refractivity contribution < 1.29 is 14.3 Å². The lowest BCUT2D eigenvalue weighted by Gasteiger charge is -2.33. The SMILES string of the molecule is CCC1Oc2ccc(N)nc2N(CCCOc2cccc(C)c2)C1=O. The third kappa shape index (κ3) is 3.84. The summed E-state index contributed by atoms with van der Waals surface area (Å²) in [5.74, 6) is 2.21. The van der Waals surface area contributed by atoms with Gasteiger partial charge in [0.25, 0.3) is 5.91 Å². The summed E-state index contributed by atoms with van der Waals surface area (Å²) >= 11 is 0. The fraction of sp³-hybridized carbons (Fsp3) is 0.368. The zero-order valence-corrected chi connectivity index (χ0v) is 14.6. The Morgan fingerprint density at radius 3 is 2.92 bits per heavy atom. The number of aryl methyl sites for hydroxylation is 1. The third-order valence-electron chi connectivity index (χ3n) is 4.08. The van der Waals surface area contributed by atoms with Crippen molar-refractivity contribution in [3.8, 4) is 11.5 Å². The Morgan fingerprint density at radius 1 is 1.32 bits per heavy atom. The molecule has 0 aliphatic carbocycles. The van der Waals surface area contributed by atoms with E-state index in [4.69, 9.17) is 15.2 Å².